The van der Waals surface area contributed by atoms with Gasteiger partial charge in [0.05, 0.1) is 25.5 Å². The first kappa shape index (κ1) is 20.3. The molecule has 3 aromatic rings. The van der Waals surface area contributed by atoms with Gasteiger partial charge in [0, 0.05) is 30.5 Å². The molecule has 1 saturated heterocycles. The molecule has 6 heteroatoms. The molecule has 5 nitrogen and oxygen atoms in total. The zero-order valence-corrected chi connectivity index (χ0v) is 17.2. The Morgan fingerprint density at radius 2 is 2.03 bits per heavy atom. The minimum Gasteiger partial charge on any atom is -0.497 e. The molecule has 0 spiro atoms. The molecule has 0 bridgehead atoms. The number of piperidine rings is 1. The van der Waals surface area contributed by atoms with E-state index in [0.717, 1.165) is 30.5 Å². The highest BCUT2D eigenvalue weighted by Gasteiger charge is 2.28. The molecule has 1 aliphatic heterocycles. The Labute approximate surface area is 175 Å². The number of Topliss-reactive ketones (excluding diaryl/α,β-unsaturated/α-hetero) is 1. The summed E-state index contributed by atoms with van der Waals surface area (Å²) in [7, 11) is 3.14. The first-order valence-electron chi connectivity index (χ1n) is 10.1. The normalized spacial score (nSPS) is 17.1. The van der Waals surface area contributed by atoms with E-state index in [1.54, 1.807) is 38.5 Å². The van der Waals surface area contributed by atoms with Crippen molar-refractivity contribution in [2.24, 2.45) is 5.92 Å². The number of para-hydroxylation sites is 1. The third-order valence-corrected chi connectivity index (χ3v) is 5.66. The number of benzene rings is 2. The van der Waals surface area contributed by atoms with E-state index in [2.05, 4.69) is 9.88 Å². The summed E-state index contributed by atoms with van der Waals surface area (Å²) in [5, 5.41) is 0.789. The van der Waals surface area contributed by atoms with E-state index in [1.165, 1.54) is 6.07 Å². The molecular formula is C24H25FN2O3. The van der Waals surface area contributed by atoms with E-state index in [0.29, 0.717) is 35.7 Å². The summed E-state index contributed by atoms with van der Waals surface area (Å²) in [4.78, 5) is 19.9. The van der Waals surface area contributed by atoms with Gasteiger partial charge in [-0.2, -0.15) is 0 Å². The van der Waals surface area contributed by atoms with E-state index in [4.69, 9.17) is 9.47 Å². The second kappa shape index (κ2) is 8.79. The minimum absolute atomic E-state index is 0.0803. The van der Waals surface area contributed by atoms with E-state index >= 15 is 0 Å². The highest BCUT2D eigenvalue weighted by molar-refractivity contribution is 6.00. The molecule has 0 N–H and O–H groups in total. The number of fused-ring (bicyclic) bond motifs is 1. The summed E-state index contributed by atoms with van der Waals surface area (Å²) in [5.74, 6) is 0.842. The van der Waals surface area contributed by atoms with Crippen molar-refractivity contribution in [3.05, 3.63) is 65.6 Å². The van der Waals surface area contributed by atoms with Gasteiger partial charge in [0.1, 0.15) is 22.8 Å². The lowest BCUT2D eigenvalue weighted by Crippen LogP contribution is -2.38. The predicted molar refractivity (Wildman–Crippen MR) is 114 cm³/mol. The largest absolute Gasteiger partial charge is 0.497 e. The molecular weight excluding hydrogens is 383 g/mol. The Morgan fingerprint density at radius 1 is 1.17 bits per heavy atom. The van der Waals surface area contributed by atoms with E-state index < -0.39 is 0 Å². The van der Waals surface area contributed by atoms with Gasteiger partial charge < -0.3 is 9.47 Å². The van der Waals surface area contributed by atoms with Crippen LogP contribution in [-0.2, 0) is 6.54 Å². The number of hydrogen-bond acceptors (Lipinski definition) is 5. The van der Waals surface area contributed by atoms with Crippen molar-refractivity contribution in [2.75, 3.05) is 27.3 Å². The lowest BCUT2D eigenvalue weighted by molar-refractivity contribution is 0.0807. The Bertz CT molecular complexity index is 1070. The molecule has 1 aromatic heterocycles. The molecule has 156 valence electrons. The number of halogens is 1. The molecule has 0 radical (unpaired) electrons. The van der Waals surface area contributed by atoms with Crippen LogP contribution in [0.15, 0.2) is 48.5 Å². The van der Waals surface area contributed by atoms with Crippen LogP contribution < -0.4 is 9.47 Å². The van der Waals surface area contributed by atoms with Gasteiger partial charge in [-0.3, -0.25) is 9.69 Å². The Kier molecular flexibility index (Phi) is 5.95. The number of pyridine rings is 1. The van der Waals surface area contributed by atoms with Gasteiger partial charge in [-0.15, -0.1) is 0 Å². The SMILES string of the molecule is COc1ccc(C(=O)[C@H]2CCCN(Cc3ccc4cccc(F)c4n3)C2)c(OC)c1. The number of methoxy groups -OCH3 is 2. The van der Waals surface area contributed by atoms with Crippen molar-refractivity contribution in [1.29, 1.82) is 0 Å². The average molecular weight is 408 g/mol. The lowest BCUT2D eigenvalue weighted by atomic mass is 9.89. The zero-order chi connectivity index (χ0) is 21.1. The highest BCUT2D eigenvalue weighted by Crippen LogP contribution is 2.30. The maximum absolute atomic E-state index is 14.1. The summed E-state index contributed by atoms with van der Waals surface area (Å²) in [6.07, 6.45) is 1.76. The van der Waals surface area contributed by atoms with Gasteiger partial charge in [0.2, 0.25) is 0 Å². The van der Waals surface area contributed by atoms with Crippen LogP contribution in [0.4, 0.5) is 4.39 Å². The summed E-state index contributed by atoms with van der Waals surface area (Å²) >= 11 is 0. The molecule has 4 rings (SSSR count). The second-order valence-corrected chi connectivity index (χ2v) is 7.62. The topological polar surface area (TPSA) is 51.7 Å². The van der Waals surface area contributed by atoms with Crippen LogP contribution in [0.2, 0.25) is 0 Å². The fourth-order valence-electron chi connectivity index (χ4n) is 4.10. The minimum atomic E-state index is -0.312. The molecule has 2 aromatic carbocycles. The number of rotatable bonds is 6. The van der Waals surface area contributed by atoms with Crippen LogP contribution in [0.3, 0.4) is 0 Å². The van der Waals surface area contributed by atoms with E-state index in [1.807, 2.05) is 18.2 Å². The zero-order valence-electron chi connectivity index (χ0n) is 17.2. The van der Waals surface area contributed by atoms with Gasteiger partial charge in [-0.25, -0.2) is 9.37 Å². The van der Waals surface area contributed by atoms with Gasteiger partial charge in [-0.1, -0.05) is 18.2 Å². The number of hydrogen-bond donors (Lipinski definition) is 0. The second-order valence-electron chi connectivity index (χ2n) is 7.62. The third-order valence-electron chi connectivity index (χ3n) is 5.66. The molecule has 1 fully saturated rings. The quantitative estimate of drug-likeness (QED) is 0.563. The maximum atomic E-state index is 14.1. The van der Waals surface area contributed by atoms with Gasteiger partial charge in [0.25, 0.3) is 0 Å². The van der Waals surface area contributed by atoms with Crippen LogP contribution in [-0.4, -0.2) is 43.0 Å². The number of carbonyl (C=O) groups is 1. The van der Waals surface area contributed by atoms with Crippen molar-refractivity contribution >= 4 is 16.7 Å². The van der Waals surface area contributed by atoms with Crippen LogP contribution in [0.25, 0.3) is 10.9 Å². The number of aromatic nitrogens is 1. The molecule has 1 atom stereocenters. The first-order valence-corrected chi connectivity index (χ1v) is 10.1. The monoisotopic (exact) mass is 408 g/mol. The van der Waals surface area contributed by atoms with Crippen molar-refractivity contribution < 1.29 is 18.7 Å². The van der Waals surface area contributed by atoms with Crippen molar-refractivity contribution in [3.63, 3.8) is 0 Å². The number of ether oxygens (including phenoxy) is 2. The highest BCUT2D eigenvalue weighted by atomic mass is 19.1. The number of ketones is 1. The average Bonchev–Trinajstić information content (AvgIpc) is 2.79. The summed E-state index contributed by atoms with van der Waals surface area (Å²) in [6.45, 7) is 2.12. The number of nitrogens with zero attached hydrogens (tertiary/aromatic N) is 2. The van der Waals surface area contributed by atoms with Crippen LogP contribution in [0.1, 0.15) is 28.9 Å². The molecule has 30 heavy (non-hydrogen) atoms. The van der Waals surface area contributed by atoms with Crippen LogP contribution in [0, 0.1) is 11.7 Å². The summed E-state index contributed by atoms with van der Waals surface area (Å²) in [5.41, 5.74) is 1.78. The van der Waals surface area contributed by atoms with Crippen LogP contribution >= 0.6 is 0 Å². The Balaban J connectivity index is 1.50. The number of carbonyl (C=O) groups excluding carboxylic acids is 1. The van der Waals surface area contributed by atoms with Gasteiger partial charge in [-0.05, 0) is 43.7 Å². The van der Waals surface area contributed by atoms with Crippen molar-refractivity contribution in [1.82, 2.24) is 9.88 Å². The molecule has 1 aliphatic rings. The summed E-state index contributed by atoms with van der Waals surface area (Å²) < 4.78 is 24.7. The fraction of sp³-hybridized carbons (Fsp3) is 0.333. The van der Waals surface area contributed by atoms with Gasteiger partial charge >= 0.3 is 0 Å². The molecule has 0 saturated carbocycles. The third kappa shape index (κ3) is 4.14. The van der Waals surface area contributed by atoms with Crippen molar-refractivity contribution in [2.45, 2.75) is 19.4 Å². The standard InChI is InChI=1S/C24H25FN2O3/c1-29-19-10-11-20(22(13-19)30-2)24(28)17-6-4-12-27(14-17)15-18-9-8-16-5-3-7-21(25)23(16)26-18/h3,5,7-11,13,17H,4,6,12,14-15H2,1-2H3/t17-/m0/s1. The van der Waals surface area contributed by atoms with Gasteiger partial charge in [0.15, 0.2) is 5.78 Å². The van der Waals surface area contributed by atoms with E-state index in [9.17, 15) is 9.18 Å². The molecule has 0 unspecified atom stereocenters. The van der Waals surface area contributed by atoms with Crippen molar-refractivity contribution in [3.8, 4) is 11.5 Å². The maximum Gasteiger partial charge on any atom is 0.170 e. The fourth-order valence-corrected chi connectivity index (χ4v) is 4.10. The molecule has 0 aliphatic carbocycles. The lowest BCUT2D eigenvalue weighted by Gasteiger charge is -2.32. The Hall–Kier alpha value is -2.99. The molecule has 2 heterocycles. The predicted octanol–water partition coefficient (Wildman–Crippen LogP) is 4.49. The smallest absolute Gasteiger partial charge is 0.170 e. The van der Waals surface area contributed by atoms with Crippen LogP contribution in [0.5, 0.6) is 11.5 Å². The Morgan fingerprint density at radius 3 is 2.83 bits per heavy atom. The number of likely N-dealkylation sites (tertiary alicyclic amines) is 1. The molecule has 0 amide bonds. The summed E-state index contributed by atoms with van der Waals surface area (Å²) in [6, 6.07) is 14.1. The van der Waals surface area contributed by atoms with E-state index in [-0.39, 0.29) is 17.5 Å². The first-order chi connectivity index (χ1) is 14.6.